The van der Waals surface area contributed by atoms with Crippen LogP contribution in [0.3, 0.4) is 0 Å². The van der Waals surface area contributed by atoms with Gasteiger partial charge < -0.3 is 5.32 Å². The molecule has 0 aliphatic rings. The van der Waals surface area contributed by atoms with Crippen LogP contribution in [0.4, 0.5) is 4.39 Å². The highest BCUT2D eigenvalue weighted by Crippen LogP contribution is 2.26. The van der Waals surface area contributed by atoms with Crippen molar-refractivity contribution in [2.45, 2.75) is 33.6 Å². The molecule has 1 aromatic rings. The van der Waals surface area contributed by atoms with Crippen molar-refractivity contribution >= 4 is 0 Å². The summed E-state index contributed by atoms with van der Waals surface area (Å²) in [6.45, 7) is 10.5. The third-order valence-corrected chi connectivity index (χ3v) is 3.29. The second-order valence-corrected chi connectivity index (χ2v) is 4.57. The highest BCUT2D eigenvalue weighted by molar-refractivity contribution is 5.29. The largest absolute Gasteiger partial charge is 0.317 e. The van der Waals surface area contributed by atoms with Crippen LogP contribution in [-0.2, 0) is 0 Å². The summed E-state index contributed by atoms with van der Waals surface area (Å²) in [5.74, 6) is 0.872. The van der Waals surface area contributed by atoms with Crippen LogP contribution in [0.2, 0.25) is 0 Å². The zero-order valence-electron chi connectivity index (χ0n) is 10.7. The maximum Gasteiger partial charge on any atom is 0.123 e. The summed E-state index contributed by atoms with van der Waals surface area (Å²) in [6.07, 6.45) is 0. The van der Waals surface area contributed by atoms with E-state index in [2.05, 4.69) is 26.1 Å². The summed E-state index contributed by atoms with van der Waals surface area (Å²) in [4.78, 5) is 0. The summed E-state index contributed by atoms with van der Waals surface area (Å²) in [5, 5.41) is 3.36. The Balaban J connectivity index is 2.75. The van der Waals surface area contributed by atoms with Gasteiger partial charge in [-0.3, -0.25) is 0 Å². The van der Waals surface area contributed by atoms with Gasteiger partial charge >= 0.3 is 0 Å². The van der Waals surface area contributed by atoms with Crippen LogP contribution < -0.4 is 5.32 Å². The molecule has 1 nitrogen and oxygen atoms in total. The third-order valence-electron chi connectivity index (χ3n) is 3.29. The fourth-order valence-electron chi connectivity index (χ4n) is 2.01. The fourth-order valence-corrected chi connectivity index (χ4v) is 2.01. The molecule has 0 radical (unpaired) electrons. The van der Waals surface area contributed by atoms with Gasteiger partial charge in [-0.15, -0.1) is 0 Å². The smallest absolute Gasteiger partial charge is 0.123 e. The second-order valence-electron chi connectivity index (χ2n) is 4.57. The molecule has 2 unspecified atom stereocenters. The molecule has 0 aliphatic heterocycles. The van der Waals surface area contributed by atoms with Crippen molar-refractivity contribution in [2.75, 3.05) is 13.1 Å². The van der Waals surface area contributed by atoms with Gasteiger partial charge in [-0.1, -0.05) is 26.8 Å². The first-order valence-electron chi connectivity index (χ1n) is 6.03. The van der Waals surface area contributed by atoms with Gasteiger partial charge in [0.1, 0.15) is 5.82 Å². The normalized spacial score (nSPS) is 14.8. The molecule has 2 atom stereocenters. The zero-order valence-corrected chi connectivity index (χ0v) is 10.7. The quantitative estimate of drug-likeness (QED) is 0.805. The van der Waals surface area contributed by atoms with E-state index in [-0.39, 0.29) is 5.82 Å². The molecular weight excluding hydrogens is 201 g/mol. The van der Waals surface area contributed by atoms with Crippen molar-refractivity contribution in [1.29, 1.82) is 0 Å². The Morgan fingerprint density at radius 3 is 2.56 bits per heavy atom. The topological polar surface area (TPSA) is 12.0 Å². The van der Waals surface area contributed by atoms with E-state index in [1.54, 1.807) is 12.1 Å². The summed E-state index contributed by atoms with van der Waals surface area (Å²) >= 11 is 0. The third kappa shape index (κ3) is 3.31. The Morgan fingerprint density at radius 1 is 1.31 bits per heavy atom. The number of hydrogen-bond donors (Lipinski definition) is 1. The van der Waals surface area contributed by atoms with Crippen LogP contribution in [0, 0.1) is 18.7 Å². The summed E-state index contributed by atoms with van der Waals surface area (Å²) in [5.41, 5.74) is 2.31. The van der Waals surface area contributed by atoms with Gasteiger partial charge in [0.15, 0.2) is 0 Å². The van der Waals surface area contributed by atoms with E-state index in [0.29, 0.717) is 11.8 Å². The van der Waals surface area contributed by atoms with Crippen molar-refractivity contribution in [2.24, 2.45) is 5.92 Å². The number of halogens is 1. The Bertz CT molecular complexity index is 336. The van der Waals surface area contributed by atoms with Crippen molar-refractivity contribution in [1.82, 2.24) is 5.32 Å². The highest BCUT2D eigenvalue weighted by Gasteiger charge is 2.15. The van der Waals surface area contributed by atoms with Crippen LogP contribution in [0.1, 0.15) is 37.8 Å². The standard InChI is InChI=1S/C14H22FN/c1-5-16-9-11(3)12(4)14-7-6-13(15)8-10(14)2/h6-8,11-12,16H,5,9H2,1-4H3. The van der Waals surface area contributed by atoms with Gasteiger partial charge in [-0.05, 0) is 55.1 Å². The molecule has 0 bridgehead atoms. The van der Waals surface area contributed by atoms with Gasteiger partial charge in [-0.25, -0.2) is 4.39 Å². The predicted octanol–water partition coefficient (Wildman–Crippen LogP) is 3.48. The van der Waals surface area contributed by atoms with Crippen molar-refractivity contribution in [3.8, 4) is 0 Å². The SMILES string of the molecule is CCNCC(C)C(C)c1ccc(F)cc1C. The minimum Gasteiger partial charge on any atom is -0.317 e. The molecule has 90 valence electrons. The molecule has 0 aliphatic carbocycles. The zero-order chi connectivity index (χ0) is 12.1. The maximum absolute atomic E-state index is 13.0. The second kappa shape index (κ2) is 6.00. The number of aryl methyl sites for hydroxylation is 1. The molecule has 1 aromatic carbocycles. The van der Waals surface area contributed by atoms with E-state index in [0.717, 1.165) is 18.7 Å². The Kier molecular flexibility index (Phi) is 4.94. The van der Waals surface area contributed by atoms with Gasteiger partial charge in [0.25, 0.3) is 0 Å². The van der Waals surface area contributed by atoms with E-state index < -0.39 is 0 Å². The van der Waals surface area contributed by atoms with Gasteiger partial charge in [-0.2, -0.15) is 0 Å². The average Bonchev–Trinajstić information content (AvgIpc) is 2.25. The highest BCUT2D eigenvalue weighted by atomic mass is 19.1. The molecule has 1 rings (SSSR count). The average molecular weight is 223 g/mol. The Labute approximate surface area is 98.1 Å². The number of nitrogens with one attached hydrogen (secondary N) is 1. The van der Waals surface area contributed by atoms with Gasteiger partial charge in [0.05, 0.1) is 0 Å². The molecule has 0 spiro atoms. The van der Waals surface area contributed by atoms with Crippen LogP contribution in [0.5, 0.6) is 0 Å². The van der Waals surface area contributed by atoms with E-state index >= 15 is 0 Å². The first-order valence-corrected chi connectivity index (χ1v) is 6.03. The molecule has 0 saturated carbocycles. The van der Waals surface area contributed by atoms with E-state index in [9.17, 15) is 4.39 Å². The van der Waals surface area contributed by atoms with Crippen LogP contribution >= 0.6 is 0 Å². The van der Waals surface area contributed by atoms with Gasteiger partial charge in [0.2, 0.25) is 0 Å². The molecule has 0 amide bonds. The number of rotatable bonds is 5. The van der Waals surface area contributed by atoms with Gasteiger partial charge in [0, 0.05) is 0 Å². The lowest BCUT2D eigenvalue weighted by Crippen LogP contribution is -2.24. The molecule has 1 N–H and O–H groups in total. The van der Waals surface area contributed by atoms with Crippen LogP contribution in [0.25, 0.3) is 0 Å². The fraction of sp³-hybridized carbons (Fsp3) is 0.571. The maximum atomic E-state index is 13.0. The number of hydrogen-bond acceptors (Lipinski definition) is 1. The predicted molar refractivity (Wildman–Crippen MR) is 67.3 cm³/mol. The van der Waals surface area contributed by atoms with Crippen LogP contribution in [-0.4, -0.2) is 13.1 Å². The first kappa shape index (κ1) is 13.2. The summed E-state index contributed by atoms with van der Waals surface area (Å²) in [6, 6.07) is 5.09. The monoisotopic (exact) mass is 223 g/mol. The molecular formula is C14H22FN. The van der Waals surface area contributed by atoms with Crippen LogP contribution in [0.15, 0.2) is 18.2 Å². The lowest BCUT2D eigenvalue weighted by Gasteiger charge is -2.22. The lowest BCUT2D eigenvalue weighted by molar-refractivity contribution is 0.452. The first-order chi connectivity index (χ1) is 7.56. The number of benzene rings is 1. The summed E-state index contributed by atoms with van der Waals surface area (Å²) in [7, 11) is 0. The molecule has 0 aromatic heterocycles. The van der Waals surface area contributed by atoms with E-state index in [1.807, 2.05) is 13.0 Å². The molecule has 16 heavy (non-hydrogen) atoms. The van der Waals surface area contributed by atoms with Crippen molar-refractivity contribution < 1.29 is 4.39 Å². The molecule has 0 saturated heterocycles. The van der Waals surface area contributed by atoms with Crippen molar-refractivity contribution in [3.63, 3.8) is 0 Å². The van der Waals surface area contributed by atoms with Crippen molar-refractivity contribution in [3.05, 3.63) is 35.1 Å². The molecule has 0 heterocycles. The van der Waals surface area contributed by atoms with E-state index in [4.69, 9.17) is 0 Å². The Hall–Kier alpha value is -0.890. The lowest BCUT2D eigenvalue weighted by atomic mass is 9.86. The minimum absolute atomic E-state index is 0.146. The Morgan fingerprint density at radius 2 is 2.00 bits per heavy atom. The molecule has 0 fully saturated rings. The van der Waals surface area contributed by atoms with E-state index in [1.165, 1.54) is 5.56 Å². The molecule has 2 heteroatoms. The summed E-state index contributed by atoms with van der Waals surface area (Å²) < 4.78 is 13.0. The minimum atomic E-state index is -0.146.